The molecule has 1 aromatic rings. The average Bonchev–Trinajstić information content (AvgIpc) is 3.27. The molecule has 3 rings (SSSR count). The largest absolute Gasteiger partial charge is 0.311 e. The molecule has 2 atom stereocenters. The van der Waals surface area contributed by atoms with Gasteiger partial charge in [-0.15, -0.1) is 0 Å². The van der Waals surface area contributed by atoms with E-state index in [0.29, 0.717) is 24.2 Å². The Morgan fingerprint density at radius 1 is 1.30 bits per heavy atom. The van der Waals surface area contributed by atoms with E-state index in [1.54, 1.807) is 0 Å². The molecule has 1 aliphatic heterocycles. The zero-order valence-electron chi connectivity index (χ0n) is 11.9. The van der Waals surface area contributed by atoms with Gasteiger partial charge in [0.15, 0.2) is 0 Å². The fourth-order valence-corrected chi connectivity index (χ4v) is 3.18. The van der Waals surface area contributed by atoms with Gasteiger partial charge in [0.1, 0.15) is 11.6 Å². The first kappa shape index (κ1) is 14.0. The molecule has 0 spiro atoms. The molecule has 0 bridgehead atoms. The summed E-state index contributed by atoms with van der Waals surface area (Å²) in [6, 6.07) is 4.67. The quantitative estimate of drug-likeness (QED) is 0.912. The van der Waals surface area contributed by atoms with E-state index >= 15 is 0 Å². The number of hydrogen-bond acceptors (Lipinski definition) is 2. The molecule has 1 heterocycles. The molecule has 2 unspecified atom stereocenters. The van der Waals surface area contributed by atoms with Gasteiger partial charge in [0, 0.05) is 37.3 Å². The highest BCUT2D eigenvalue weighted by Gasteiger charge is 2.36. The SMILES string of the molecule is CCC1CNC(C2CC2)CN1Cc1cc(F)ccc1F. The normalized spacial score (nSPS) is 27.8. The standard InChI is InChI=1S/C16H22F2N2/c1-2-14-8-19-16(11-3-4-11)10-20(14)9-12-7-13(17)5-6-15(12)18/h5-7,11,14,16,19H,2-4,8-10H2,1H3. The van der Waals surface area contributed by atoms with E-state index in [4.69, 9.17) is 0 Å². The molecule has 2 nitrogen and oxygen atoms in total. The summed E-state index contributed by atoms with van der Waals surface area (Å²) in [5.74, 6) is 0.124. The summed E-state index contributed by atoms with van der Waals surface area (Å²) in [6.07, 6.45) is 3.63. The van der Waals surface area contributed by atoms with Crippen LogP contribution in [0.15, 0.2) is 18.2 Å². The summed E-state index contributed by atoms with van der Waals surface area (Å²) in [7, 11) is 0. The summed E-state index contributed by atoms with van der Waals surface area (Å²) in [6.45, 7) is 4.56. The lowest BCUT2D eigenvalue weighted by Gasteiger charge is -2.40. The molecule has 2 aliphatic rings. The minimum atomic E-state index is -0.358. The molecule has 1 N–H and O–H groups in total. The summed E-state index contributed by atoms with van der Waals surface area (Å²) in [5, 5.41) is 3.61. The van der Waals surface area contributed by atoms with Crippen LogP contribution in [-0.2, 0) is 6.54 Å². The van der Waals surface area contributed by atoms with Gasteiger partial charge >= 0.3 is 0 Å². The van der Waals surface area contributed by atoms with Gasteiger partial charge in [-0.1, -0.05) is 6.92 Å². The second kappa shape index (κ2) is 5.78. The van der Waals surface area contributed by atoms with Gasteiger partial charge < -0.3 is 5.32 Å². The lowest BCUT2D eigenvalue weighted by Crippen LogP contribution is -2.56. The lowest BCUT2D eigenvalue weighted by atomic mass is 10.0. The van der Waals surface area contributed by atoms with Crippen molar-refractivity contribution in [3.8, 4) is 0 Å². The molecule has 1 saturated carbocycles. The smallest absolute Gasteiger partial charge is 0.127 e. The molecule has 20 heavy (non-hydrogen) atoms. The molecule has 2 fully saturated rings. The Morgan fingerprint density at radius 3 is 2.80 bits per heavy atom. The first-order valence-corrected chi connectivity index (χ1v) is 7.58. The van der Waals surface area contributed by atoms with Crippen LogP contribution in [0, 0.1) is 17.6 Å². The zero-order valence-corrected chi connectivity index (χ0v) is 11.9. The number of hydrogen-bond donors (Lipinski definition) is 1. The molecule has 0 radical (unpaired) electrons. The van der Waals surface area contributed by atoms with Gasteiger partial charge in [0.2, 0.25) is 0 Å². The first-order valence-electron chi connectivity index (χ1n) is 7.58. The molecule has 0 amide bonds. The van der Waals surface area contributed by atoms with Crippen LogP contribution < -0.4 is 5.32 Å². The number of halogens is 2. The topological polar surface area (TPSA) is 15.3 Å². The minimum Gasteiger partial charge on any atom is -0.311 e. The third kappa shape index (κ3) is 3.01. The second-order valence-electron chi connectivity index (χ2n) is 6.08. The van der Waals surface area contributed by atoms with Gasteiger partial charge in [-0.05, 0) is 43.4 Å². The second-order valence-corrected chi connectivity index (χ2v) is 6.08. The van der Waals surface area contributed by atoms with Crippen molar-refractivity contribution in [1.82, 2.24) is 10.2 Å². The van der Waals surface area contributed by atoms with Crippen molar-refractivity contribution < 1.29 is 8.78 Å². The fraction of sp³-hybridized carbons (Fsp3) is 0.625. The number of piperazine rings is 1. The fourth-order valence-electron chi connectivity index (χ4n) is 3.18. The summed E-state index contributed by atoms with van der Waals surface area (Å²) in [4.78, 5) is 2.32. The number of rotatable bonds is 4. The van der Waals surface area contributed by atoms with Crippen molar-refractivity contribution in [1.29, 1.82) is 0 Å². The number of benzene rings is 1. The molecular formula is C16H22F2N2. The molecule has 1 aliphatic carbocycles. The molecular weight excluding hydrogens is 258 g/mol. The van der Waals surface area contributed by atoms with Crippen molar-refractivity contribution in [3.63, 3.8) is 0 Å². The van der Waals surface area contributed by atoms with Crippen LogP contribution in [0.25, 0.3) is 0 Å². The monoisotopic (exact) mass is 280 g/mol. The van der Waals surface area contributed by atoms with Crippen LogP contribution in [0.1, 0.15) is 31.7 Å². The summed E-state index contributed by atoms with van der Waals surface area (Å²) < 4.78 is 27.1. The Labute approximate surface area is 119 Å². The van der Waals surface area contributed by atoms with Crippen LogP contribution in [0.2, 0.25) is 0 Å². The van der Waals surface area contributed by atoms with E-state index in [1.807, 2.05) is 0 Å². The lowest BCUT2D eigenvalue weighted by molar-refractivity contribution is 0.110. The predicted octanol–water partition coefficient (Wildman–Crippen LogP) is 2.93. The highest BCUT2D eigenvalue weighted by molar-refractivity contribution is 5.19. The Balaban J connectivity index is 1.73. The maximum atomic E-state index is 13.8. The third-order valence-corrected chi connectivity index (χ3v) is 4.61. The van der Waals surface area contributed by atoms with E-state index in [2.05, 4.69) is 17.1 Å². The molecule has 0 aromatic heterocycles. The Bertz CT molecular complexity index is 474. The van der Waals surface area contributed by atoms with Gasteiger partial charge in [-0.25, -0.2) is 8.78 Å². The van der Waals surface area contributed by atoms with Crippen LogP contribution in [-0.4, -0.2) is 30.1 Å². The third-order valence-electron chi connectivity index (χ3n) is 4.61. The Hall–Kier alpha value is -1.00. The van der Waals surface area contributed by atoms with Crippen LogP contribution in [0.3, 0.4) is 0 Å². The van der Waals surface area contributed by atoms with E-state index in [9.17, 15) is 8.78 Å². The van der Waals surface area contributed by atoms with Gasteiger partial charge in [-0.2, -0.15) is 0 Å². The maximum Gasteiger partial charge on any atom is 0.127 e. The number of nitrogens with zero attached hydrogens (tertiary/aromatic N) is 1. The summed E-state index contributed by atoms with van der Waals surface area (Å²) in [5.41, 5.74) is 0.472. The molecule has 1 saturated heterocycles. The van der Waals surface area contributed by atoms with Crippen molar-refractivity contribution in [3.05, 3.63) is 35.4 Å². The van der Waals surface area contributed by atoms with E-state index in [1.165, 1.54) is 31.0 Å². The average molecular weight is 280 g/mol. The van der Waals surface area contributed by atoms with Crippen molar-refractivity contribution >= 4 is 0 Å². The number of nitrogens with one attached hydrogen (secondary N) is 1. The highest BCUT2D eigenvalue weighted by Crippen LogP contribution is 2.34. The van der Waals surface area contributed by atoms with Crippen molar-refractivity contribution in [2.45, 2.75) is 44.8 Å². The van der Waals surface area contributed by atoms with E-state index < -0.39 is 0 Å². The van der Waals surface area contributed by atoms with Crippen molar-refractivity contribution in [2.75, 3.05) is 13.1 Å². The minimum absolute atomic E-state index is 0.303. The zero-order chi connectivity index (χ0) is 14.1. The maximum absolute atomic E-state index is 13.8. The Morgan fingerprint density at radius 2 is 2.10 bits per heavy atom. The molecule has 4 heteroatoms. The summed E-state index contributed by atoms with van der Waals surface area (Å²) >= 11 is 0. The molecule has 110 valence electrons. The van der Waals surface area contributed by atoms with Gasteiger partial charge in [0.25, 0.3) is 0 Å². The van der Waals surface area contributed by atoms with E-state index in [-0.39, 0.29) is 11.6 Å². The molecule has 1 aromatic carbocycles. The van der Waals surface area contributed by atoms with Crippen LogP contribution >= 0.6 is 0 Å². The first-order chi connectivity index (χ1) is 9.67. The van der Waals surface area contributed by atoms with Crippen LogP contribution in [0.4, 0.5) is 8.78 Å². The van der Waals surface area contributed by atoms with Crippen molar-refractivity contribution in [2.24, 2.45) is 5.92 Å². The van der Waals surface area contributed by atoms with Crippen LogP contribution in [0.5, 0.6) is 0 Å². The highest BCUT2D eigenvalue weighted by atomic mass is 19.1. The van der Waals surface area contributed by atoms with E-state index in [0.717, 1.165) is 25.4 Å². The Kier molecular flexibility index (Phi) is 4.03. The van der Waals surface area contributed by atoms with Gasteiger partial charge in [-0.3, -0.25) is 4.90 Å². The van der Waals surface area contributed by atoms with Gasteiger partial charge in [0.05, 0.1) is 0 Å². The predicted molar refractivity (Wildman–Crippen MR) is 75.4 cm³/mol.